The summed E-state index contributed by atoms with van der Waals surface area (Å²) in [5.74, 6) is 0.509. The van der Waals surface area contributed by atoms with E-state index < -0.39 is 0 Å². The van der Waals surface area contributed by atoms with Crippen LogP contribution in [0.3, 0.4) is 0 Å². The van der Waals surface area contributed by atoms with Crippen molar-refractivity contribution in [2.45, 2.75) is 57.3 Å². The molecule has 0 amide bonds. The standard InChI is InChI=1S/C18H20OS2/c19-18(14-6-4-8-16-13(14)9-10-20-16)17-11-12-5-2-1-3-7-15(12)21-17/h9-11,14H,1-8H2. The lowest BCUT2D eigenvalue weighted by atomic mass is 9.84. The summed E-state index contributed by atoms with van der Waals surface area (Å²) in [4.78, 5) is 16.9. The van der Waals surface area contributed by atoms with Crippen molar-refractivity contribution >= 4 is 28.5 Å². The molecule has 0 aromatic carbocycles. The van der Waals surface area contributed by atoms with Gasteiger partial charge in [-0.15, -0.1) is 22.7 Å². The number of hydrogen-bond donors (Lipinski definition) is 0. The van der Waals surface area contributed by atoms with Crippen LogP contribution in [0.5, 0.6) is 0 Å². The molecule has 1 atom stereocenters. The molecule has 0 saturated carbocycles. The monoisotopic (exact) mass is 316 g/mol. The Morgan fingerprint density at radius 3 is 2.86 bits per heavy atom. The summed E-state index contributed by atoms with van der Waals surface area (Å²) in [6.07, 6.45) is 9.63. The van der Waals surface area contributed by atoms with E-state index >= 15 is 0 Å². The van der Waals surface area contributed by atoms with Gasteiger partial charge in [-0.1, -0.05) is 6.42 Å². The fourth-order valence-corrected chi connectivity index (χ4v) is 5.95. The first-order valence-corrected chi connectivity index (χ1v) is 9.74. The van der Waals surface area contributed by atoms with Gasteiger partial charge in [-0.25, -0.2) is 0 Å². The van der Waals surface area contributed by atoms with E-state index in [1.54, 1.807) is 11.3 Å². The number of carbonyl (C=O) groups is 1. The van der Waals surface area contributed by atoms with Crippen LogP contribution >= 0.6 is 22.7 Å². The Labute approximate surface area is 134 Å². The zero-order valence-electron chi connectivity index (χ0n) is 12.2. The highest BCUT2D eigenvalue weighted by Crippen LogP contribution is 2.39. The molecule has 1 unspecified atom stereocenters. The van der Waals surface area contributed by atoms with Gasteiger partial charge >= 0.3 is 0 Å². The minimum absolute atomic E-state index is 0.127. The van der Waals surface area contributed by atoms with E-state index in [4.69, 9.17) is 0 Å². The number of aryl methyl sites for hydroxylation is 3. The van der Waals surface area contributed by atoms with Gasteiger partial charge < -0.3 is 0 Å². The number of carbonyl (C=O) groups excluding carboxylic acids is 1. The Morgan fingerprint density at radius 1 is 1.05 bits per heavy atom. The molecule has 2 aliphatic rings. The van der Waals surface area contributed by atoms with E-state index in [2.05, 4.69) is 17.5 Å². The van der Waals surface area contributed by atoms with E-state index in [-0.39, 0.29) is 5.92 Å². The lowest BCUT2D eigenvalue weighted by Gasteiger charge is -2.20. The second-order valence-electron chi connectivity index (χ2n) is 6.23. The Bertz CT molecular complexity index is 641. The Balaban J connectivity index is 1.64. The predicted octanol–water partition coefficient (Wildman–Crippen LogP) is 5.38. The quantitative estimate of drug-likeness (QED) is 0.537. The summed E-state index contributed by atoms with van der Waals surface area (Å²) in [5, 5.41) is 2.15. The molecule has 2 aromatic rings. The third-order valence-corrected chi connectivity index (χ3v) is 7.11. The van der Waals surface area contributed by atoms with E-state index in [1.807, 2.05) is 11.3 Å². The molecule has 1 nitrogen and oxygen atoms in total. The highest BCUT2D eigenvalue weighted by Gasteiger charge is 2.29. The number of ketones is 1. The first-order valence-electron chi connectivity index (χ1n) is 8.05. The average Bonchev–Trinajstić information content (AvgIpc) is 3.08. The minimum Gasteiger partial charge on any atom is -0.293 e. The van der Waals surface area contributed by atoms with Gasteiger partial charge in [-0.05, 0) is 73.6 Å². The minimum atomic E-state index is 0.127. The maximum absolute atomic E-state index is 13.0. The normalized spacial score (nSPS) is 21.4. The van der Waals surface area contributed by atoms with E-state index in [1.165, 1.54) is 53.0 Å². The Kier molecular flexibility index (Phi) is 3.72. The van der Waals surface area contributed by atoms with Crippen LogP contribution in [0.4, 0.5) is 0 Å². The van der Waals surface area contributed by atoms with Crippen molar-refractivity contribution in [3.05, 3.63) is 43.3 Å². The first kappa shape index (κ1) is 13.7. The van der Waals surface area contributed by atoms with Gasteiger partial charge in [0.05, 0.1) is 4.88 Å². The lowest BCUT2D eigenvalue weighted by Crippen LogP contribution is -2.16. The first-order chi connectivity index (χ1) is 10.3. The topological polar surface area (TPSA) is 17.1 Å². The smallest absolute Gasteiger partial charge is 0.180 e. The summed E-state index contributed by atoms with van der Waals surface area (Å²) in [7, 11) is 0. The van der Waals surface area contributed by atoms with Crippen molar-refractivity contribution in [1.82, 2.24) is 0 Å². The summed E-state index contributed by atoms with van der Waals surface area (Å²) in [6.45, 7) is 0. The van der Waals surface area contributed by atoms with Crippen molar-refractivity contribution in [1.29, 1.82) is 0 Å². The molecule has 21 heavy (non-hydrogen) atoms. The van der Waals surface area contributed by atoms with Crippen molar-refractivity contribution in [3.63, 3.8) is 0 Å². The van der Waals surface area contributed by atoms with E-state index in [0.717, 1.165) is 24.1 Å². The number of fused-ring (bicyclic) bond motifs is 2. The highest BCUT2D eigenvalue weighted by molar-refractivity contribution is 7.14. The van der Waals surface area contributed by atoms with Crippen molar-refractivity contribution in [2.24, 2.45) is 0 Å². The van der Waals surface area contributed by atoms with Gasteiger partial charge in [-0.3, -0.25) is 4.79 Å². The number of thiophene rings is 2. The molecule has 0 radical (unpaired) electrons. The van der Waals surface area contributed by atoms with Crippen molar-refractivity contribution in [3.8, 4) is 0 Å². The number of rotatable bonds is 2. The van der Waals surface area contributed by atoms with Crippen LogP contribution in [-0.2, 0) is 19.3 Å². The van der Waals surface area contributed by atoms with Gasteiger partial charge in [0.15, 0.2) is 5.78 Å². The van der Waals surface area contributed by atoms with Gasteiger partial charge in [0.2, 0.25) is 0 Å². The molecule has 110 valence electrons. The fourth-order valence-electron chi connectivity index (χ4n) is 3.72. The Morgan fingerprint density at radius 2 is 1.90 bits per heavy atom. The summed E-state index contributed by atoms with van der Waals surface area (Å²) >= 11 is 3.60. The maximum Gasteiger partial charge on any atom is 0.180 e. The van der Waals surface area contributed by atoms with Gasteiger partial charge in [0.25, 0.3) is 0 Å². The molecule has 2 aromatic heterocycles. The molecule has 2 heterocycles. The van der Waals surface area contributed by atoms with Crippen LogP contribution in [0.25, 0.3) is 0 Å². The molecule has 0 fully saturated rings. The molecular formula is C18H20OS2. The second kappa shape index (κ2) is 5.69. The maximum atomic E-state index is 13.0. The third-order valence-electron chi connectivity index (χ3n) is 4.86. The van der Waals surface area contributed by atoms with Crippen molar-refractivity contribution in [2.75, 3.05) is 0 Å². The molecule has 0 spiro atoms. The molecular weight excluding hydrogens is 296 g/mol. The zero-order valence-corrected chi connectivity index (χ0v) is 13.8. The van der Waals surface area contributed by atoms with Crippen LogP contribution in [-0.4, -0.2) is 5.78 Å². The van der Waals surface area contributed by atoms with Crippen LogP contribution in [0.1, 0.15) is 68.6 Å². The molecule has 2 aliphatic carbocycles. The molecule has 0 aliphatic heterocycles. The molecule has 3 heteroatoms. The predicted molar refractivity (Wildman–Crippen MR) is 89.9 cm³/mol. The molecule has 0 saturated heterocycles. The molecule has 0 N–H and O–H groups in total. The number of Topliss-reactive ketones (excluding diaryl/α,β-unsaturated/α-hetero) is 1. The van der Waals surface area contributed by atoms with E-state index in [0.29, 0.717) is 5.78 Å². The van der Waals surface area contributed by atoms with Gasteiger partial charge in [0, 0.05) is 15.7 Å². The van der Waals surface area contributed by atoms with E-state index in [9.17, 15) is 4.79 Å². The van der Waals surface area contributed by atoms with Crippen LogP contribution < -0.4 is 0 Å². The second-order valence-corrected chi connectivity index (χ2v) is 8.37. The van der Waals surface area contributed by atoms with Crippen LogP contribution in [0, 0.1) is 0 Å². The third kappa shape index (κ3) is 2.51. The molecule has 0 bridgehead atoms. The van der Waals surface area contributed by atoms with Crippen LogP contribution in [0.15, 0.2) is 17.5 Å². The lowest BCUT2D eigenvalue weighted by molar-refractivity contribution is 0.0955. The fraction of sp³-hybridized carbons (Fsp3) is 0.500. The SMILES string of the molecule is O=C(c1cc2c(s1)CCCCC2)C1CCCc2sccc21. The summed E-state index contributed by atoms with van der Waals surface area (Å²) < 4.78 is 0. The van der Waals surface area contributed by atoms with Crippen molar-refractivity contribution < 1.29 is 4.79 Å². The average molecular weight is 316 g/mol. The molecule has 4 rings (SSSR count). The Hall–Kier alpha value is -0.930. The largest absolute Gasteiger partial charge is 0.293 e. The zero-order chi connectivity index (χ0) is 14.2. The highest BCUT2D eigenvalue weighted by atomic mass is 32.1. The summed E-state index contributed by atoms with van der Waals surface area (Å²) in [6, 6.07) is 4.40. The summed E-state index contributed by atoms with van der Waals surface area (Å²) in [5.41, 5.74) is 2.78. The number of hydrogen-bond acceptors (Lipinski definition) is 3. The van der Waals surface area contributed by atoms with Gasteiger partial charge in [0.1, 0.15) is 0 Å². The van der Waals surface area contributed by atoms with Gasteiger partial charge in [-0.2, -0.15) is 0 Å². The van der Waals surface area contributed by atoms with Crippen LogP contribution in [0.2, 0.25) is 0 Å².